The number of aliphatic carboxylic acids is 2. The molecule has 1 rings (SSSR count). The van der Waals surface area contributed by atoms with E-state index in [1.807, 2.05) is 0 Å². The number of rotatable bonds is 6. The van der Waals surface area contributed by atoms with E-state index in [0.29, 0.717) is 11.3 Å². The molecule has 0 radical (unpaired) electrons. The zero-order valence-corrected chi connectivity index (χ0v) is 9.00. The largest absolute Gasteiger partial charge is 0.482 e. The summed E-state index contributed by atoms with van der Waals surface area (Å²) in [6, 6.07) is 5.57. The van der Waals surface area contributed by atoms with Crippen molar-refractivity contribution in [3.8, 4) is 5.75 Å². The van der Waals surface area contributed by atoms with E-state index in [1.54, 1.807) is 24.3 Å². The van der Waals surface area contributed by atoms with E-state index in [1.165, 1.54) is 0 Å². The Morgan fingerprint density at radius 1 is 1.29 bits per heavy atom. The van der Waals surface area contributed by atoms with E-state index in [2.05, 4.69) is 0 Å². The lowest BCUT2D eigenvalue weighted by Gasteiger charge is -2.11. The molecule has 0 aromatic heterocycles. The summed E-state index contributed by atoms with van der Waals surface area (Å²) in [7, 11) is 0. The quantitative estimate of drug-likeness (QED) is 0.649. The van der Waals surface area contributed by atoms with Gasteiger partial charge in [-0.1, -0.05) is 18.2 Å². The van der Waals surface area contributed by atoms with E-state index in [4.69, 9.17) is 20.7 Å². The molecule has 0 amide bonds. The molecule has 4 N–H and O–H groups in total. The van der Waals surface area contributed by atoms with Gasteiger partial charge in [0.2, 0.25) is 0 Å². The van der Waals surface area contributed by atoms with Crippen LogP contribution in [0.25, 0.3) is 0 Å². The van der Waals surface area contributed by atoms with Crippen LogP contribution in [-0.2, 0) is 16.0 Å². The molecule has 0 aliphatic heterocycles. The highest BCUT2D eigenvalue weighted by Gasteiger charge is 2.15. The van der Waals surface area contributed by atoms with Gasteiger partial charge in [0.25, 0.3) is 0 Å². The molecule has 0 saturated carbocycles. The highest BCUT2D eigenvalue weighted by molar-refractivity contribution is 5.73. The number of ether oxygens (including phenoxy) is 1. The molecule has 0 aliphatic rings. The second kappa shape index (κ2) is 5.86. The number of carbonyl (C=O) groups is 2. The minimum absolute atomic E-state index is 0.0884. The number of benzene rings is 1. The number of hydrogen-bond donors (Lipinski definition) is 3. The van der Waals surface area contributed by atoms with Crippen LogP contribution in [0.4, 0.5) is 0 Å². The molecular weight excluding hydrogens is 226 g/mol. The summed E-state index contributed by atoms with van der Waals surface area (Å²) in [4.78, 5) is 21.0. The van der Waals surface area contributed by atoms with Gasteiger partial charge in [-0.05, 0) is 11.6 Å². The molecule has 6 nitrogen and oxygen atoms in total. The fourth-order valence-corrected chi connectivity index (χ4v) is 1.28. The van der Waals surface area contributed by atoms with E-state index >= 15 is 0 Å². The van der Waals surface area contributed by atoms with Crippen LogP contribution < -0.4 is 10.5 Å². The maximum Gasteiger partial charge on any atom is 0.341 e. The van der Waals surface area contributed by atoms with Gasteiger partial charge < -0.3 is 20.7 Å². The minimum Gasteiger partial charge on any atom is -0.482 e. The van der Waals surface area contributed by atoms with Gasteiger partial charge in [0, 0.05) is 6.42 Å². The van der Waals surface area contributed by atoms with Crippen LogP contribution in [0.3, 0.4) is 0 Å². The molecule has 92 valence electrons. The predicted octanol–water partition coefficient (Wildman–Crippen LogP) is 0.104. The van der Waals surface area contributed by atoms with Gasteiger partial charge in [0.1, 0.15) is 11.8 Å². The number of hydrogen-bond acceptors (Lipinski definition) is 4. The van der Waals surface area contributed by atoms with Crippen molar-refractivity contribution in [1.29, 1.82) is 0 Å². The van der Waals surface area contributed by atoms with E-state index in [-0.39, 0.29) is 6.42 Å². The van der Waals surface area contributed by atoms with Crippen LogP contribution in [0.2, 0.25) is 0 Å². The maximum absolute atomic E-state index is 10.6. The summed E-state index contributed by atoms with van der Waals surface area (Å²) in [5.74, 6) is -1.87. The Hall–Kier alpha value is -2.08. The Labute approximate surface area is 97.6 Å². The lowest BCUT2D eigenvalue weighted by atomic mass is 10.1. The third kappa shape index (κ3) is 4.12. The third-order valence-corrected chi connectivity index (χ3v) is 2.08. The molecule has 17 heavy (non-hydrogen) atoms. The molecule has 0 unspecified atom stereocenters. The SMILES string of the molecule is N[C@H](Cc1ccccc1OCC(=O)O)C(=O)O. The molecule has 1 aromatic carbocycles. The summed E-state index contributed by atoms with van der Waals surface area (Å²) in [5, 5.41) is 17.2. The van der Waals surface area contributed by atoms with E-state index < -0.39 is 24.6 Å². The Bertz CT molecular complexity index is 418. The molecular formula is C11H13NO5. The topological polar surface area (TPSA) is 110 Å². The Morgan fingerprint density at radius 3 is 2.53 bits per heavy atom. The van der Waals surface area contributed by atoms with Crippen LogP contribution >= 0.6 is 0 Å². The van der Waals surface area contributed by atoms with E-state index in [9.17, 15) is 9.59 Å². The van der Waals surface area contributed by atoms with Crippen molar-refractivity contribution in [3.05, 3.63) is 29.8 Å². The van der Waals surface area contributed by atoms with Gasteiger partial charge in [-0.25, -0.2) is 4.79 Å². The highest BCUT2D eigenvalue weighted by Crippen LogP contribution is 2.19. The van der Waals surface area contributed by atoms with Gasteiger partial charge >= 0.3 is 11.9 Å². The molecule has 0 spiro atoms. The molecule has 0 saturated heterocycles. The van der Waals surface area contributed by atoms with Crippen LogP contribution in [0.1, 0.15) is 5.56 Å². The van der Waals surface area contributed by atoms with Gasteiger partial charge in [0.15, 0.2) is 6.61 Å². The van der Waals surface area contributed by atoms with Crippen molar-refractivity contribution >= 4 is 11.9 Å². The Balaban J connectivity index is 2.77. The fraction of sp³-hybridized carbons (Fsp3) is 0.273. The van der Waals surface area contributed by atoms with Crippen molar-refractivity contribution in [2.24, 2.45) is 5.73 Å². The number of carboxylic acids is 2. The molecule has 0 bridgehead atoms. The normalized spacial score (nSPS) is 11.8. The first-order chi connectivity index (χ1) is 8.00. The second-order valence-corrected chi connectivity index (χ2v) is 3.44. The zero-order valence-electron chi connectivity index (χ0n) is 9.00. The first-order valence-corrected chi connectivity index (χ1v) is 4.91. The van der Waals surface area contributed by atoms with Gasteiger partial charge in [-0.2, -0.15) is 0 Å². The smallest absolute Gasteiger partial charge is 0.341 e. The molecule has 1 aromatic rings. The molecule has 6 heteroatoms. The predicted molar refractivity (Wildman–Crippen MR) is 58.9 cm³/mol. The van der Waals surface area contributed by atoms with Crippen molar-refractivity contribution in [2.45, 2.75) is 12.5 Å². The number of carboxylic acid groups (broad SMARTS) is 2. The summed E-state index contributed by atoms with van der Waals surface area (Å²) in [5.41, 5.74) is 5.97. The monoisotopic (exact) mass is 239 g/mol. The standard InChI is InChI=1S/C11H13NO5/c12-8(11(15)16)5-7-3-1-2-4-9(7)17-6-10(13)14/h1-4,8H,5-6,12H2,(H,13,14)(H,15,16)/t8-/m1/s1. The van der Waals surface area contributed by atoms with Crippen molar-refractivity contribution in [3.63, 3.8) is 0 Å². The van der Waals surface area contributed by atoms with Gasteiger partial charge in [-0.15, -0.1) is 0 Å². The average Bonchev–Trinajstić information content (AvgIpc) is 2.27. The minimum atomic E-state index is -1.11. The van der Waals surface area contributed by atoms with Crippen LogP contribution in [0, 0.1) is 0 Å². The van der Waals surface area contributed by atoms with Crippen molar-refractivity contribution in [1.82, 2.24) is 0 Å². The summed E-state index contributed by atoms with van der Waals surface area (Å²) >= 11 is 0. The van der Waals surface area contributed by atoms with E-state index in [0.717, 1.165) is 0 Å². The second-order valence-electron chi connectivity index (χ2n) is 3.44. The summed E-state index contributed by atoms with van der Waals surface area (Å²) < 4.78 is 5.03. The number of para-hydroxylation sites is 1. The van der Waals surface area contributed by atoms with Gasteiger partial charge in [0.05, 0.1) is 0 Å². The summed E-state index contributed by atoms with van der Waals surface area (Å²) in [6.07, 6.45) is 0.0884. The molecule has 0 fully saturated rings. The van der Waals surface area contributed by atoms with Crippen molar-refractivity contribution in [2.75, 3.05) is 6.61 Å². The lowest BCUT2D eigenvalue weighted by molar-refractivity contribution is -0.140. The maximum atomic E-state index is 10.6. The molecule has 0 heterocycles. The first-order valence-electron chi connectivity index (χ1n) is 4.91. The average molecular weight is 239 g/mol. The molecule has 0 aliphatic carbocycles. The zero-order chi connectivity index (χ0) is 12.8. The van der Waals surface area contributed by atoms with Crippen molar-refractivity contribution < 1.29 is 24.5 Å². The Morgan fingerprint density at radius 2 is 1.94 bits per heavy atom. The Kier molecular flexibility index (Phi) is 4.47. The number of nitrogens with two attached hydrogens (primary N) is 1. The summed E-state index contributed by atoms with van der Waals surface area (Å²) in [6.45, 7) is -0.473. The van der Waals surface area contributed by atoms with Crippen LogP contribution in [-0.4, -0.2) is 34.8 Å². The van der Waals surface area contributed by atoms with Crippen LogP contribution in [0.5, 0.6) is 5.75 Å². The van der Waals surface area contributed by atoms with Gasteiger partial charge in [-0.3, -0.25) is 4.79 Å². The lowest BCUT2D eigenvalue weighted by Crippen LogP contribution is -2.32. The third-order valence-electron chi connectivity index (χ3n) is 2.08. The molecule has 1 atom stereocenters. The first kappa shape index (κ1) is 13.0. The highest BCUT2D eigenvalue weighted by atomic mass is 16.5. The fourth-order valence-electron chi connectivity index (χ4n) is 1.28. The van der Waals surface area contributed by atoms with Crippen LogP contribution in [0.15, 0.2) is 24.3 Å².